The number of nitrogens with one attached hydrogen (secondary N) is 2. The number of carbonyl (C=O) groups is 1. The summed E-state index contributed by atoms with van der Waals surface area (Å²) in [5.41, 5.74) is 4.16. The Hall–Kier alpha value is -4.37. The normalized spacial score (nSPS) is 10.9. The monoisotopic (exact) mass is 469 g/mol. The van der Waals surface area contributed by atoms with E-state index in [4.69, 9.17) is 4.74 Å². The molecule has 3 aromatic heterocycles. The van der Waals surface area contributed by atoms with Gasteiger partial charge in [0.05, 0.1) is 29.4 Å². The summed E-state index contributed by atoms with van der Waals surface area (Å²) in [6.45, 7) is 0. The quantitative estimate of drug-likeness (QED) is 0.384. The first-order valence-corrected chi connectivity index (χ1v) is 11.3. The van der Waals surface area contributed by atoms with Crippen LogP contribution in [0.4, 0.5) is 5.13 Å². The molecule has 0 bridgehead atoms. The van der Waals surface area contributed by atoms with Gasteiger partial charge in [-0.15, -0.1) is 11.3 Å². The van der Waals surface area contributed by atoms with Crippen molar-refractivity contribution in [3.8, 4) is 17.0 Å². The number of aromatic nitrogens is 4. The molecule has 0 unspecified atom stereocenters. The van der Waals surface area contributed by atoms with E-state index in [-0.39, 0.29) is 11.5 Å². The molecular weight excluding hydrogens is 450 g/mol. The second-order valence-electron chi connectivity index (χ2n) is 7.49. The number of methoxy groups -OCH3 is 1. The van der Waals surface area contributed by atoms with E-state index < -0.39 is 0 Å². The van der Waals surface area contributed by atoms with Crippen LogP contribution in [-0.2, 0) is 6.42 Å². The van der Waals surface area contributed by atoms with Gasteiger partial charge in [0.15, 0.2) is 5.13 Å². The first-order chi connectivity index (χ1) is 16.6. The van der Waals surface area contributed by atoms with Crippen LogP contribution in [0.2, 0.25) is 0 Å². The van der Waals surface area contributed by atoms with Gasteiger partial charge in [0.1, 0.15) is 5.75 Å². The van der Waals surface area contributed by atoms with Crippen molar-refractivity contribution in [1.29, 1.82) is 0 Å². The molecule has 8 nitrogen and oxygen atoms in total. The standard InChI is InChI=1S/C25H19N5O3S/c1-33-18-10-8-16(9-11-18)21-14-34-25(27-21)28-23(31)17-6-4-15(5-7-17)13-20-22-19(3-2-12-26-22)24(32)30-29-20/h2-12,14H,13H2,1H3,(H,30,32)(H,27,28,31). The van der Waals surface area contributed by atoms with Gasteiger partial charge < -0.3 is 4.74 Å². The molecule has 2 N–H and O–H groups in total. The molecule has 0 saturated heterocycles. The Kier molecular flexibility index (Phi) is 5.84. The van der Waals surface area contributed by atoms with Crippen molar-refractivity contribution in [2.75, 3.05) is 12.4 Å². The highest BCUT2D eigenvalue weighted by atomic mass is 32.1. The molecule has 0 aliphatic heterocycles. The van der Waals surface area contributed by atoms with E-state index >= 15 is 0 Å². The van der Waals surface area contributed by atoms with Gasteiger partial charge in [0.2, 0.25) is 0 Å². The lowest BCUT2D eigenvalue weighted by molar-refractivity contribution is 0.102. The number of fused-ring (bicyclic) bond motifs is 1. The van der Waals surface area contributed by atoms with Gasteiger partial charge in [-0.1, -0.05) is 12.1 Å². The van der Waals surface area contributed by atoms with Crippen LogP contribution in [0, 0.1) is 0 Å². The minimum absolute atomic E-state index is 0.239. The lowest BCUT2D eigenvalue weighted by atomic mass is 10.1. The summed E-state index contributed by atoms with van der Waals surface area (Å²) in [6, 6.07) is 18.3. The lowest BCUT2D eigenvalue weighted by Gasteiger charge is -2.06. The molecule has 0 aliphatic rings. The second kappa shape index (κ2) is 9.24. The SMILES string of the molecule is COc1ccc(-c2csc(NC(=O)c3ccc(Cc4n[nH]c(=O)c5cccnc45)cc3)n2)cc1. The van der Waals surface area contributed by atoms with Crippen LogP contribution < -0.4 is 15.6 Å². The third-order valence-corrected chi connectivity index (χ3v) is 6.07. The summed E-state index contributed by atoms with van der Waals surface area (Å²) in [5, 5.41) is 12.5. The molecule has 0 spiro atoms. The number of rotatable bonds is 6. The predicted molar refractivity (Wildman–Crippen MR) is 131 cm³/mol. The summed E-state index contributed by atoms with van der Waals surface area (Å²) < 4.78 is 5.18. The van der Waals surface area contributed by atoms with E-state index in [1.165, 1.54) is 11.3 Å². The number of benzene rings is 2. The number of hydrogen-bond donors (Lipinski definition) is 2. The summed E-state index contributed by atoms with van der Waals surface area (Å²) in [7, 11) is 1.62. The number of nitrogens with zero attached hydrogens (tertiary/aromatic N) is 3. The molecule has 5 rings (SSSR count). The van der Waals surface area contributed by atoms with E-state index in [0.29, 0.717) is 33.7 Å². The fourth-order valence-electron chi connectivity index (χ4n) is 3.54. The van der Waals surface area contributed by atoms with Crippen LogP contribution in [0.3, 0.4) is 0 Å². The molecule has 0 radical (unpaired) electrons. The Morgan fingerprint density at radius 1 is 1.09 bits per heavy atom. The Bertz CT molecular complexity index is 1530. The van der Waals surface area contributed by atoms with Crippen molar-refractivity contribution in [3.05, 3.63) is 99.4 Å². The van der Waals surface area contributed by atoms with Crippen molar-refractivity contribution >= 4 is 33.3 Å². The maximum Gasteiger partial charge on any atom is 0.273 e. The topological polar surface area (TPSA) is 110 Å². The second-order valence-corrected chi connectivity index (χ2v) is 8.35. The van der Waals surface area contributed by atoms with Gasteiger partial charge in [-0.25, -0.2) is 10.1 Å². The van der Waals surface area contributed by atoms with Gasteiger partial charge >= 0.3 is 0 Å². The van der Waals surface area contributed by atoms with Crippen LogP contribution in [0.15, 0.2) is 77.0 Å². The zero-order valence-electron chi connectivity index (χ0n) is 18.1. The van der Waals surface area contributed by atoms with E-state index in [1.54, 1.807) is 37.6 Å². The van der Waals surface area contributed by atoms with Gasteiger partial charge in [-0.3, -0.25) is 19.9 Å². The Morgan fingerprint density at radius 2 is 1.88 bits per heavy atom. The van der Waals surface area contributed by atoms with Gasteiger partial charge in [0.25, 0.3) is 11.5 Å². The molecule has 0 atom stereocenters. The van der Waals surface area contributed by atoms with E-state index in [9.17, 15) is 9.59 Å². The highest BCUT2D eigenvalue weighted by molar-refractivity contribution is 7.14. The predicted octanol–water partition coefficient (Wildman–Crippen LogP) is 4.29. The molecule has 5 aromatic rings. The Labute approximate surface area is 198 Å². The fourth-order valence-corrected chi connectivity index (χ4v) is 4.25. The van der Waals surface area contributed by atoms with Gasteiger partial charge in [-0.2, -0.15) is 5.10 Å². The first-order valence-electron chi connectivity index (χ1n) is 10.4. The fraction of sp³-hybridized carbons (Fsp3) is 0.0800. The van der Waals surface area contributed by atoms with Crippen LogP contribution in [0.5, 0.6) is 5.75 Å². The number of ether oxygens (including phenoxy) is 1. The molecule has 0 fully saturated rings. The average Bonchev–Trinajstić information content (AvgIpc) is 3.35. The molecule has 0 aliphatic carbocycles. The van der Waals surface area contributed by atoms with Crippen LogP contribution in [0.25, 0.3) is 22.2 Å². The molecule has 3 heterocycles. The van der Waals surface area contributed by atoms with E-state index in [1.807, 2.05) is 41.8 Å². The number of pyridine rings is 1. The Balaban J connectivity index is 1.28. The van der Waals surface area contributed by atoms with Crippen LogP contribution >= 0.6 is 11.3 Å². The van der Waals surface area contributed by atoms with Crippen molar-refractivity contribution in [1.82, 2.24) is 20.2 Å². The molecule has 34 heavy (non-hydrogen) atoms. The van der Waals surface area contributed by atoms with Crippen LogP contribution in [-0.4, -0.2) is 33.2 Å². The molecule has 9 heteroatoms. The van der Waals surface area contributed by atoms with E-state index in [0.717, 1.165) is 22.6 Å². The highest BCUT2D eigenvalue weighted by Gasteiger charge is 2.12. The van der Waals surface area contributed by atoms with E-state index in [2.05, 4.69) is 25.5 Å². The molecule has 0 saturated carbocycles. The number of carbonyl (C=O) groups excluding carboxylic acids is 1. The van der Waals surface area contributed by atoms with Crippen molar-refractivity contribution < 1.29 is 9.53 Å². The lowest BCUT2D eigenvalue weighted by Crippen LogP contribution is -2.13. The minimum atomic E-state index is -0.267. The summed E-state index contributed by atoms with van der Waals surface area (Å²) in [6.07, 6.45) is 2.11. The van der Waals surface area contributed by atoms with Crippen molar-refractivity contribution in [3.63, 3.8) is 0 Å². The van der Waals surface area contributed by atoms with Crippen molar-refractivity contribution in [2.24, 2.45) is 0 Å². The average molecular weight is 470 g/mol. The van der Waals surface area contributed by atoms with Crippen molar-refractivity contribution in [2.45, 2.75) is 6.42 Å². The number of thiazole rings is 1. The maximum absolute atomic E-state index is 12.7. The number of anilines is 1. The zero-order chi connectivity index (χ0) is 23.5. The maximum atomic E-state index is 12.7. The van der Waals surface area contributed by atoms with Gasteiger partial charge in [-0.05, 0) is 54.1 Å². The molecule has 1 amide bonds. The Morgan fingerprint density at radius 3 is 2.65 bits per heavy atom. The molecular formula is C25H19N5O3S. The number of aromatic amines is 1. The number of H-pyrrole nitrogens is 1. The summed E-state index contributed by atoms with van der Waals surface area (Å²) >= 11 is 1.37. The zero-order valence-corrected chi connectivity index (χ0v) is 18.9. The molecule has 168 valence electrons. The third kappa shape index (κ3) is 4.41. The summed E-state index contributed by atoms with van der Waals surface area (Å²) in [5.74, 6) is 0.535. The highest BCUT2D eigenvalue weighted by Crippen LogP contribution is 2.27. The van der Waals surface area contributed by atoms with Gasteiger partial charge in [0, 0.05) is 29.1 Å². The number of hydrogen-bond acceptors (Lipinski definition) is 7. The summed E-state index contributed by atoms with van der Waals surface area (Å²) in [4.78, 5) is 33.5. The third-order valence-electron chi connectivity index (χ3n) is 5.32. The van der Waals surface area contributed by atoms with Crippen LogP contribution in [0.1, 0.15) is 21.6 Å². The first kappa shape index (κ1) is 21.5. The minimum Gasteiger partial charge on any atom is -0.497 e. The largest absolute Gasteiger partial charge is 0.497 e. The number of amides is 1. The smallest absolute Gasteiger partial charge is 0.273 e. The molecule has 2 aromatic carbocycles.